The monoisotopic (exact) mass is 340 g/mol. The number of nitrogens with one attached hydrogen (secondary N) is 1. The Morgan fingerprint density at radius 2 is 1.84 bits per heavy atom. The summed E-state index contributed by atoms with van der Waals surface area (Å²) in [6.07, 6.45) is 0.842. The Bertz CT molecular complexity index is 789. The molecule has 1 fully saturated rings. The summed E-state index contributed by atoms with van der Waals surface area (Å²) >= 11 is 0. The molecule has 2 aromatic rings. The van der Waals surface area contributed by atoms with Crippen LogP contribution in [0.5, 0.6) is 0 Å². The first kappa shape index (κ1) is 17.1. The highest BCUT2D eigenvalue weighted by Gasteiger charge is 2.39. The van der Waals surface area contributed by atoms with Gasteiger partial charge in [-0.1, -0.05) is 18.2 Å². The highest BCUT2D eigenvalue weighted by atomic mass is 19.1. The van der Waals surface area contributed by atoms with Crippen molar-refractivity contribution in [3.05, 3.63) is 71.0 Å². The Kier molecular flexibility index (Phi) is 4.83. The van der Waals surface area contributed by atoms with Crippen LogP contribution in [0.15, 0.2) is 48.5 Å². The van der Waals surface area contributed by atoms with Gasteiger partial charge in [0.25, 0.3) is 11.8 Å². The van der Waals surface area contributed by atoms with E-state index in [2.05, 4.69) is 5.32 Å². The van der Waals surface area contributed by atoms with Crippen LogP contribution in [0, 0.1) is 5.82 Å². The maximum Gasteiger partial charge on any atom is 0.253 e. The van der Waals surface area contributed by atoms with E-state index >= 15 is 0 Å². The molecule has 5 heteroatoms. The highest BCUT2D eigenvalue weighted by molar-refractivity contribution is 5.99. The lowest BCUT2D eigenvalue weighted by Gasteiger charge is -2.15. The molecule has 25 heavy (non-hydrogen) atoms. The second kappa shape index (κ2) is 7.05. The normalized spacial score (nSPS) is 18.5. The lowest BCUT2D eigenvalue weighted by molar-refractivity contribution is 0.0802. The zero-order chi connectivity index (χ0) is 18.0. The summed E-state index contributed by atoms with van der Waals surface area (Å²) in [5.74, 6) is -0.333. The Morgan fingerprint density at radius 3 is 2.52 bits per heavy atom. The van der Waals surface area contributed by atoms with Crippen LogP contribution in [-0.4, -0.2) is 36.3 Å². The van der Waals surface area contributed by atoms with Gasteiger partial charge in [0.1, 0.15) is 5.82 Å². The molecule has 0 radical (unpaired) electrons. The third-order valence-electron chi connectivity index (χ3n) is 4.60. The van der Waals surface area contributed by atoms with Gasteiger partial charge in [-0.15, -0.1) is 0 Å². The predicted octanol–water partition coefficient (Wildman–Crippen LogP) is 3.20. The quantitative estimate of drug-likeness (QED) is 0.909. The smallest absolute Gasteiger partial charge is 0.253 e. The Hall–Kier alpha value is -2.69. The van der Waals surface area contributed by atoms with Crippen LogP contribution >= 0.6 is 0 Å². The molecule has 1 saturated carbocycles. The van der Waals surface area contributed by atoms with E-state index in [1.165, 1.54) is 12.1 Å². The lowest BCUT2D eigenvalue weighted by atomic mass is 10.1. The molecule has 0 bridgehead atoms. The second-order valence-electron chi connectivity index (χ2n) is 6.37. The molecule has 0 unspecified atom stereocenters. The van der Waals surface area contributed by atoms with E-state index in [0.717, 1.165) is 12.0 Å². The molecule has 3 rings (SSSR count). The minimum atomic E-state index is -0.261. The molecule has 2 atom stereocenters. The van der Waals surface area contributed by atoms with Crippen LogP contribution < -0.4 is 5.32 Å². The third kappa shape index (κ3) is 3.87. The maximum absolute atomic E-state index is 13.0. The number of hydrogen-bond donors (Lipinski definition) is 1. The van der Waals surface area contributed by atoms with Crippen LogP contribution in [-0.2, 0) is 0 Å². The molecule has 2 aromatic carbocycles. The molecule has 130 valence electrons. The Labute approximate surface area is 146 Å². The summed E-state index contributed by atoms with van der Waals surface area (Å²) in [6.45, 7) is 2.51. The summed E-state index contributed by atoms with van der Waals surface area (Å²) in [5, 5.41) is 2.99. The zero-order valence-electron chi connectivity index (χ0n) is 14.3. The molecular formula is C20H21FN2O2. The van der Waals surface area contributed by atoms with Crippen molar-refractivity contribution >= 4 is 11.8 Å². The highest BCUT2D eigenvalue weighted by Crippen LogP contribution is 2.40. The first-order chi connectivity index (χ1) is 12.0. The van der Waals surface area contributed by atoms with Crippen LogP contribution in [0.2, 0.25) is 0 Å². The minimum absolute atomic E-state index is 0.0515. The number of benzene rings is 2. The van der Waals surface area contributed by atoms with Gasteiger partial charge >= 0.3 is 0 Å². The molecule has 0 saturated heterocycles. The molecule has 1 N–H and O–H groups in total. The number of rotatable bonds is 5. The molecule has 2 amide bonds. The first-order valence-corrected chi connectivity index (χ1v) is 8.41. The minimum Gasteiger partial charge on any atom is -0.349 e. The zero-order valence-corrected chi connectivity index (χ0v) is 14.3. The van der Waals surface area contributed by atoms with E-state index < -0.39 is 0 Å². The summed E-state index contributed by atoms with van der Waals surface area (Å²) < 4.78 is 13.0. The maximum atomic E-state index is 13.0. The van der Waals surface area contributed by atoms with Crippen LogP contribution in [0.3, 0.4) is 0 Å². The molecule has 4 nitrogen and oxygen atoms in total. The van der Waals surface area contributed by atoms with Crippen molar-refractivity contribution in [3.8, 4) is 0 Å². The molecule has 0 heterocycles. The van der Waals surface area contributed by atoms with Crippen molar-refractivity contribution in [2.75, 3.05) is 13.6 Å². The molecule has 0 aliphatic heterocycles. The Balaban J connectivity index is 1.64. The summed E-state index contributed by atoms with van der Waals surface area (Å²) in [4.78, 5) is 26.3. The van der Waals surface area contributed by atoms with E-state index in [4.69, 9.17) is 0 Å². The number of halogens is 1. The van der Waals surface area contributed by atoms with Gasteiger partial charge in [0.05, 0.1) is 0 Å². The molecule has 1 aliphatic carbocycles. The largest absolute Gasteiger partial charge is 0.349 e. The van der Waals surface area contributed by atoms with Crippen molar-refractivity contribution in [2.45, 2.75) is 25.3 Å². The molecule has 0 spiro atoms. The van der Waals surface area contributed by atoms with E-state index in [9.17, 15) is 14.0 Å². The number of nitrogens with zero attached hydrogens (tertiary/aromatic N) is 1. The van der Waals surface area contributed by atoms with Gasteiger partial charge in [-0.05, 0) is 49.2 Å². The average Bonchev–Trinajstić information content (AvgIpc) is 3.40. The van der Waals surface area contributed by atoms with Gasteiger partial charge in [-0.3, -0.25) is 9.59 Å². The average molecular weight is 340 g/mol. The first-order valence-electron chi connectivity index (χ1n) is 8.41. The van der Waals surface area contributed by atoms with Crippen LogP contribution in [0.25, 0.3) is 0 Å². The summed E-state index contributed by atoms with van der Waals surface area (Å²) in [7, 11) is 1.73. The number of hydrogen-bond acceptors (Lipinski definition) is 2. The topological polar surface area (TPSA) is 49.4 Å². The fourth-order valence-electron chi connectivity index (χ4n) is 2.84. The van der Waals surface area contributed by atoms with E-state index in [-0.39, 0.29) is 29.6 Å². The summed E-state index contributed by atoms with van der Waals surface area (Å²) in [5.41, 5.74) is 2.00. The standard InChI is InChI=1S/C20H21FN2O2/c1-3-23(2)20(25)15-6-4-5-14(11-15)19(24)22-18-12-17(18)13-7-9-16(21)10-8-13/h4-11,17-18H,3,12H2,1-2H3,(H,22,24)/t17-,18-/m0/s1. The lowest BCUT2D eigenvalue weighted by Crippen LogP contribution is -2.28. The van der Waals surface area contributed by atoms with Crippen molar-refractivity contribution in [2.24, 2.45) is 0 Å². The van der Waals surface area contributed by atoms with E-state index in [0.29, 0.717) is 17.7 Å². The van der Waals surface area contributed by atoms with Crippen LogP contribution in [0.4, 0.5) is 4.39 Å². The number of carbonyl (C=O) groups is 2. The van der Waals surface area contributed by atoms with Gasteiger partial charge < -0.3 is 10.2 Å². The van der Waals surface area contributed by atoms with Crippen LogP contribution in [0.1, 0.15) is 45.5 Å². The van der Waals surface area contributed by atoms with Gasteiger partial charge in [-0.25, -0.2) is 4.39 Å². The van der Waals surface area contributed by atoms with Crippen molar-refractivity contribution in [3.63, 3.8) is 0 Å². The molecule has 1 aliphatic rings. The fraction of sp³-hybridized carbons (Fsp3) is 0.300. The Morgan fingerprint density at radius 1 is 1.16 bits per heavy atom. The van der Waals surface area contributed by atoms with Gasteiger partial charge in [-0.2, -0.15) is 0 Å². The fourth-order valence-corrected chi connectivity index (χ4v) is 2.84. The van der Waals surface area contributed by atoms with Gasteiger partial charge in [0.2, 0.25) is 0 Å². The summed E-state index contributed by atoms with van der Waals surface area (Å²) in [6, 6.07) is 13.2. The molecular weight excluding hydrogens is 319 g/mol. The second-order valence-corrected chi connectivity index (χ2v) is 6.37. The third-order valence-corrected chi connectivity index (χ3v) is 4.60. The number of carbonyl (C=O) groups excluding carboxylic acids is 2. The molecule has 0 aromatic heterocycles. The van der Waals surface area contributed by atoms with E-state index in [1.807, 2.05) is 6.92 Å². The van der Waals surface area contributed by atoms with Crippen molar-refractivity contribution in [1.82, 2.24) is 10.2 Å². The van der Waals surface area contributed by atoms with Crippen molar-refractivity contribution < 1.29 is 14.0 Å². The van der Waals surface area contributed by atoms with Crippen molar-refractivity contribution in [1.29, 1.82) is 0 Å². The predicted molar refractivity (Wildman–Crippen MR) is 94.1 cm³/mol. The van der Waals surface area contributed by atoms with E-state index in [1.54, 1.807) is 48.3 Å². The SMILES string of the molecule is CCN(C)C(=O)c1cccc(C(=O)N[C@H]2C[C@H]2c2ccc(F)cc2)c1. The van der Waals surface area contributed by atoms with Gasteiger partial charge in [0.15, 0.2) is 0 Å². The number of amides is 2. The van der Waals surface area contributed by atoms with Gasteiger partial charge in [0, 0.05) is 36.7 Å².